The van der Waals surface area contributed by atoms with Crippen LogP contribution in [0.3, 0.4) is 0 Å². The van der Waals surface area contributed by atoms with Crippen molar-refractivity contribution < 1.29 is 23.9 Å². The number of imide groups is 1. The third-order valence-corrected chi connectivity index (χ3v) is 5.33. The molecular formula is C23H27N3O5. The summed E-state index contributed by atoms with van der Waals surface area (Å²) < 4.78 is 10.6. The van der Waals surface area contributed by atoms with Crippen molar-refractivity contribution >= 4 is 23.5 Å². The van der Waals surface area contributed by atoms with E-state index in [-0.39, 0.29) is 18.4 Å². The van der Waals surface area contributed by atoms with Gasteiger partial charge in [0.05, 0.1) is 14.2 Å². The number of rotatable bonds is 8. The van der Waals surface area contributed by atoms with Gasteiger partial charge in [-0.05, 0) is 43.7 Å². The molecule has 1 heterocycles. The minimum atomic E-state index is -0.663. The first-order chi connectivity index (χ1) is 14.9. The lowest BCUT2D eigenvalue weighted by molar-refractivity contribution is -0.137. The van der Waals surface area contributed by atoms with Crippen molar-refractivity contribution in [2.75, 3.05) is 32.2 Å². The minimum absolute atomic E-state index is 0.299. The Kier molecular flexibility index (Phi) is 6.79. The number of likely N-dealkylation sites (N-methyl/N-ethyl adjacent to an activating group) is 1. The van der Waals surface area contributed by atoms with Crippen molar-refractivity contribution in [1.29, 1.82) is 0 Å². The Hall–Kier alpha value is -3.55. The summed E-state index contributed by atoms with van der Waals surface area (Å²) in [5, 5.41) is 0. The van der Waals surface area contributed by atoms with E-state index in [1.165, 1.54) is 4.90 Å². The van der Waals surface area contributed by atoms with Crippen LogP contribution in [-0.2, 0) is 16.1 Å². The summed E-state index contributed by atoms with van der Waals surface area (Å²) in [5.74, 6) is 0.482. The highest BCUT2D eigenvalue weighted by molar-refractivity contribution is 6.15. The maximum atomic E-state index is 13.0. The summed E-state index contributed by atoms with van der Waals surface area (Å²) in [7, 11) is 3.11. The van der Waals surface area contributed by atoms with Crippen LogP contribution in [0.25, 0.3) is 0 Å². The standard InChI is InChI=1S/C23H27N3O5/c1-5-24(14-17-11-12-19(30-3)20(13-17)31-4)21(27)15-25-22(28)16(2)26(23(25)29)18-9-7-6-8-10-18/h6-13,16H,5,14-15H2,1-4H3/t16-/m1/s1. The quantitative estimate of drug-likeness (QED) is 0.608. The van der Waals surface area contributed by atoms with E-state index < -0.39 is 12.1 Å². The number of benzene rings is 2. The highest BCUT2D eigenvalue weighted by atomic mass is 16.5. The van der Waals surface area contributed by atoms with E-state index >= 15 is 0 Å². The number of amides is 4. The maximum Gasteiger partial charge on any atom is 0.332 e. The zero-order valence-electron chi connectivity index (χ0n) is 18.2. The van der Waals surface area contributed by atoms with Gasteiger partial charge in [-0.2, -0.15) is 0 Å². The van der Waals surface area contributed by atoms with E-state index in [2.05, 4.69) is 0 Å². The van der Waals surface area contributed by atoms with Crippen molar-refractivity contribution in [2.24, 2.45) is 0 Å². The number of carbonyl (C=O) groups excluding carboxylic acids is 3. The summed E-state index contributed by atoms with van der Waals surface area (Å²) in [6.45, 7) is 3.97. The number of urea groups is 1. The molecule has 0 radical (unpaired) electrons. The predicted molar refractivity (Wildman–Crippen MR) is 116 cm³/mol. The molecule has 1 atom stereocenters. The Balaban J connectivity index is 1.73. The van der Waals surface area contributed by atoms with Gasteiger partial charge in [0.15, 0.2) is 11.5 Å². The molecule has 1 aliphatic heterocycles. The molecule has 2 aromatic carbocycles. The van der Waals surface area contributed by atoms with Gasteiger partial charge in [-0.15, -0.1) is 0 Å². The molecule has 1 aliphatic rings. The number of methoxy groups -OCH3 is 2. The first-order valence-electron chi connectivity index (χ1n) is 10.1. The Labute approximate surface area is 181 Å². The topological polar surface area (TPSA) is 79.4 Å². The summed E-state index contributed by atoms with van der Waals surface area (Å²) in [5.41, 5.74) is 1.48. The van der Waals surface area contributed by atoms with Crippen molar-refractivity contribution in [3.8, 4) is 11.5 Å². The fourth-order valence-corrected chi connectivity index (χ4v) is 3.61. The molecule has 0 bridgehead atoms. The second-order valence-electron chi connectivity index (χ2n) is 7.19. The average Bonchev–Trinajstić information content (AvgIpc) is 3.00. The SMILES string of the molecule is CCN(Cc1ccc(OC)c(OC)c1)C(=O)CN1C(=O)[C@@H](C)N(c2ccccc2)C1=O. The molecule has 164 valence electrons. The van der Waals surface area contributed by atoms with Crippen LogP contribution in [0.2, 0.25) is 0 Å². The van der Waals surface area contributed by atoms with Gasteiger partial charge in [0.2, 0.25) is 5.91 Å². The summed E-state index contributed by atoms with van der Waals surface area (Å²) in [4.78, 5) is 42.6. The third kappa shape index (κ3) is 4.47. The van der Waals surface area contributed by atoms with Crippen LogP contribution in [0.4, 0.5) is 10.5 Å². The van der Waals surface area contributed by atoms with Crippen LogP contribution < -0.4 is 14.4 Å². The number of hydrogen-bond acceptors (Lipinski definition) is 5. The fraction of sp³-hybridized carbons (Fsp3) is 0.348. The smallest absolute Gasteiger partial charge is 0.332 e. The van der Waals surface area contributed by atoms with Gasteiger partial charge in [0, 0.05) is 18.8 Å². The largest absolute Gasteiger partial charge is 0.493 e. The van der Waals surface area contributed by atoms with Crippen LogP contribution >= 0.6 is 0 Å². The lowest BCUT2D eigenvalue weighted by atomic mass is 10.2. The molecule has 8 heteroatoms. The van der Waals surface area contributed by atoms with E-state index in [9.17, 15) is 14.4 Å². The number of ether oxygens (including phenoxy) is 2. The molecule has 0 N–H and O–H groups in total. The normalized spacial score (nSPS) is 15.9. The molecule has 0 aliphatic carbocycles. The van der Waals surface area contributed by atoms with E-state index in [1.807, 2.05) is 19.1 Å². The van der Waals surface area contributed by atoms with Crippen molar-refractivity contribution in [3.63, 3.8) is 0 Å². The van der Waals surface area contributed by atoms with Gasteiger partial charge in [-0.25, -0.2) is 4.79 Å². The first-order valence-corrected chi connectivity index (χ1v) is 10.1. The van der Waals surface area contributed by atoms with Gasteiger partial charge < -0.3 is 14.4 Å². The van der Waals surface area contributed by atoms with Crippen LogP contribution in [-0.4, -0.2) is 61.0 Å². The number of para-hydroxylation sites is 1. The van der Waals surface area contributed by atoms with Crippen LogP contribution in [0.5, 0.6) is 11.5 Å². The molecule has 2 aromatic rings. The van der Waals surface area contributed by atoms with Gasteiger partial charge >= 0.3 is 6.03 Å². The highest BCUT2D eigenvalue weighted by Crippen LogP contribution is 2.28. The van der Waals surface area contributed by atoms with Gasteiger partial charge in [0.25, 0.3) is 5.91 Å². The molecular weight excluding hydrogens is 398 g/mol. The third-order valence-electron chi connectivity index (χ3n) is 5.33. The van der Waals surface area contributed by atoms with Gasteiger partial charge in [-0.1, -0.05) is 24.3 Å². The molecule has 0 spiro atoms. The highest BCUT2D eigenvalue weighted by Gasteiger charge is 2.44. The number of carbonyl (C=O) groups is 3. The second kappa shape index (κ2) is 9.51. The average molecular weight is 425 g/mol. The summed E-state index contributed by atoms with van der Waals surface area (Å²) >= 11 is 0. The lowest BCUT2D eigenvalue weighted by Gasteiger charge is -2.24. The lowest BCUT2D eigenvalue weighted by Crippen LogP contribution is -2.43. The van der Waals surface area contributed by atoms with Crippen molar-refractivity contribution in [3.05, 3.63) is 54.1 Å². The Morgan fingerprint density at radius 2 is 1.71 bits per heavy atom. The van der Waals surface area contributed by atoms with Crippen LogP contribution in [0.15, 0.2) is 48.5 Å². The number of nitrogens with zero attached hydrogens (tertiary/aromatic N) is 3. The van der Waals surface area contributed by atoms with E-state index in [1.54, 1.807) is 62.4 Å². The second-order valence-corrected chi connectivity index (χ2v) is 7.19. The van der Waals surface area contributed by atoms with Crippen LogP contribution in [0, 0.1) is 0 Å². The predicted octanol–water partition coefficient (Wildman–Crippen LogP) is 2.91. The van der Waals surface area contributed by atoms with Crippen molar-refractivity contribution in [1.82, 2.24) is 9.80 Å². The van der Waals surface area contributed by atoms with Gasteiger partial charge in [-0.3, -0.25) is 19.4 Å². The molecule has 8 nitrogen and oxygen atoms in total. The monoisotopic (exact) mass is 425 g/mol. The summed E-state index contributed by atoms with van der Waals surface area (Å²) in [6.07, 6.45) is 0. The van der Waals surface area contributed by atoms with Gasteiger partial charge in [0.1, 0.15) is 12.6 Å². The Morgan fingerprint density at radius 1 is 1.03 bits per heavy atom. The fourth-order valence-electron chi connectivity index (χ4n) is 3.61. The van der Waals surface area contributed by atoms with E-state index in [0.29, 0.717) is 30.3 Å². The molecule has 0 unspecified atom stereocenters. The molecule has 0 saturated carbocycles. The minimum Gasteiger partial charge on any atom is -0.493 e. The Bertz CT molecular complexity index is 963. The molecule has 1 saturated heterocycles. The molecule has 1 fully saturated rings. The molecule has 31 heavy (non-hydrogen) atoms. The molecule has 3 rings (SSSR count). The Morgan fingerprint density at radius 3 is 2.32 bits per heavy atom. The van der Waals surface area contributed by atoms with E-state index in [4.69, 9.17) is 9.47 Å². The maximum absolute atomic E-state index is 13.0. The number of hydrogen-bond donors (Lipinski definition) is 0. The first kappa shape index (κ1) is 22.1. The van der Waals surface area contributed by atoms with E-state index in [0.717, 1.165) is 10.5 Å². The summed E-state index contributed by atoms with van der Waals surface area (Å²) in [6, 6.07) is 13.3. The molecule has 0 aromatic heterocycles. The van der Waals surface area contributed by atoms with Crippen LogP contribution in [0.1, 0.15) is 19.4 Å². The number of anilines is 1. The van der Waals surface area contributed by atoms with Crippen molar-refractivity contribution in [2.45, 2.75) is 26.4 Å². The zero-order chi connectivity index (χ0) is 22.5. The zero-order valence-corrected chi connectivity index (χ0v) is 18.2. The molecule has 4 amide bonds.